The Labute approximate surface area is 80.3 Å². The van der Waals surface area contributed by atoms with Crippen LogP contribution < -0.4 is 0 Å². The van der Waals surface area contributed by atoms with Crippen molar-refractivity contribution in [2.24, 2.45) is 5.41 Å². The Morgan fingerprint density at radius 3 is 2.77 bits per heavy atom. The first-order valence-electron chi connectivity index (χ1n) is 4.95. The van der Waals surface area contributed by atoms with E-state index in [4.69, 9.17) is 0 Å². The lowest BCUT2D eigenvalue weighted by molar-refractivity contribution is 0.443. The molecule has 0 fully saturated rings. The second kappa shape index (κ2) is 3.02. The molecule has 1 aliphatic rings. The van der Waals surface area contributed by atoms with Crippen molar-refractivity contribution in [1.82, 2.24) is 0 Å². The number of hydrogen-bond acceptors (Lipinski definition) is 0. The van der Waals surface area contributed by atoms with Crippen molar-refractivity contribution in [3.8, 4) is 0 Å². The molecule has 0 heterocycles. The first kappa shape index (κ1) is 8.55. The van der Waals surface area contributed by atoms with Crippen molar-refractivity contribution >= 4 is 6.08 Å². The molecule has 1 aliphatic carbocycles. The van der Waals surface area contributed by atoms with Gasteiger partial charge in [0.25, 0.3) is 0 Å². The lowest BCUT2D eigenvalue weighted by Gasteiger charge is -2.17. The number of fused-ring (bicyclic) bond motifs is 1. The van der Waals surface area contributed by atoms with Crippen molar-refractivity contribution < 1.29 is 0 Å². The summed E-state index contributed by atoms with van der Waals surface area (Å²) in [5.74, 6) is 0. The first-order chi connectivity index (χ1) is 6.17. The highest BCUT2D eigenvalue weighted by molar-refractivity contribution is 5.55. The van der Waals surface area contributed by atoms with Crippen LogP contribution in [-0.2, 0) is 6.42 Å². The maximum absolute atomic E-state index is 2.33. The fourth-order valence-corrected chi connectivity index (χ4v) is 1.78. The van der Waals surface area contributed by atoms with E-state index in [1.807, 2.05) is 0 Å². The Bertz CT molecular complexity index is 332. The van der Waals surface area contributed by atoms with Gasteiger partial charge in [-0.3, -0.25) is 0 Å². The van der Waals surface area contributed by atoms with Gasteiger partial charge in [-0.25, -0.2) is 0 Å². The Kier molecular flexibility index (Phi) is 1.99. The standard InChI is InChI=1S/C13H16/c1-13(2)9-7-11-5-3-4-6-12(11)8-10-13/h3-7,9H,8,10H2,1-2H3. The SMILES string of the molecule is CC1(C)C=Cc2ccccc2CC1. The zero-order chi connectivity index (χ0) is 9.31. The summed E-state index contributed by atoms with van der Waals surface area (Å²) in [5.41, 5.74) is 3.25. The third-order valence-corrected chi connectivity index (χ3v) is 2.81. The molecule has 0 nitrogen and oxygen atoms in total. The fraction of sp³-hybridized carbons (Fsp3) is 0.385. The van der Waals surface area contributed by atoms with E-state index in [2.05, 4.69) is 50.3 Å². The normalized spacial score (nSPS) is 19.2. The van der Waals surface area contributed by atoms with Crippen LogP contribution in [0.2, 0.25) is 0 Å². The maximum atomic E-state index is 2.33. The molecule has 0 N–H and O–H groups in total. The number of hydrogen-bond donors (Lipinski definition) is 0. The smallest absolute Gasteiger partial charge is 0.0168 e. The van der Waals surface area contributed by atoms with Gasteiger partial charge in [-0.15, -0.1) is 0 Å². The number of benzene rings is 1. The molecular formula is C13H16. The monoisotopic (exact) mass is 172 g/mol. The minimum atomic E-state index is 0.360. The topological polar surface area (TPSA) is 0 Å². The number of allylic oxidation sites excluding steroid dienone is 1. The molecule has 0 aliphatic heterocycles. The molecule has 0 spiro atoms. The second-order valence-electron chi connectivity index (χ2n) is 4.52. The lowest BCUT2D eigenvalue weighted by atomic mass is 9.88. The molecule has 0 bridgehead atoms. The van der Waals surface area contributed by atoms with Crippen molar-refractivity contribution in [3.63, 3.8) is 0 Å². The molecule has 0 saturated carbocycles. The molecule has 2 rings (SSSR count). The second-order valence-corrected chi connectivity index (χ2v) is 4.52. The largest absolute Gasteiger partial charge is 0.0782 e. The Morgan fingerprint density at radius 2 is 1.92 bits per heavy atom. The van der Waals surface area contributed by atoms with Gasteiger partial charge in [0, 0.05) is 0 Å². The van der Waals surface area contributed by atoms with Gasteiger partial charge in [0.15, 0.2) is 0 Å². The molecular weight excluding hydrogens is 156 g/mol. The van der Waals surface area contributed by atoms with Crippen LogP contribution in [0.5, 0.6) is 0 Å². The van der Waals surface area contributed by atoms with E-state index in [1.54, 1.807) is 0 Å². The van der Waals surface area contributed by atoms with Gasteiger partial charge in [0.2, 0.25) is 0 Å². The van der Waals surface area contributed by atoms with Crippen molar-refractivity contribution in [3.05, 3.63) is 41.5 Å². The summed E-state index contributed by atoms with van der Waals surface area (Å²) in [7, 11) is 0. The minimum absolute atomic E-state index is 0.360. The highest BCUT2D eigenvalue weighted by Gasteiger charge is 2.17. The quantitative estimate of drug-likeness (QED) is 0.560. The molecule has 0 aromatic heterocycles. The van der Waals surface area contributed by atoms with E-state index >= 15 is 0 Å². The molecule has 13 heavy (non-hydrogen) atoms. The first-order valence-corrected chi connectivity index (χ1v) is 4.95. The van der Waals surface area contributed by atoms with Crippen LogP contribution >= 0.6 is 0 Å². The van der Waals surface area contributed by atoms with Crippen LogP contribution in [0.1, 0.15) is 31.4 Å². The molecule has 0 heteroatoms. The van der Waals surface area contributed by atoms with Crippen LogP contribution in [0, 0.1) is 5.41 Å². The predicted octanol–water partition coefficient (Wildman–Crippen LogP) is 3.67. The zero-order valence-electron chi connectivity index (χ0n) is 8.38. The van der Waals surface area contributed by atoms with E-state index in [9.17, 15) is 0 Å². The van der Waals surface area contributed by atoms with Crippen molar-refractivity contribution in [2.45, 2.75) is 26.7 Å². The Morgan fingerprint density at radius 1 is 1.15 bits per heavy atom. The fourth-order valence-electron chi connectivity index (χ4n) is 1.78. The summed E-state index contributed by atoms with van der Waals surface area (Å²) in [4.78, 5) is 0. The zero-order valence-corrected chi connectivity index (χ0v) is 8.38. The molecule has 0 amide bonds. The maximum Gasteiger partial charge on any atom is -0.0168 e. The van der Waals surface area contributed by atoms with Gasteiger partial charge < -0.3 is 0 Å². The molecule has 1 aromatic rings. The highest BCUT2D eigenvalue weighted by atomic mass is 14.2. The average Bonchev–Trinajstić information content (AvgIpc) is 2.27. The molecule has 0 unspecified atom stereocenters. The summed E-state index contributed by atoms with van der Waals surface area (Å²) < 4.78 is 0. The van der Waals surface area contributed by atoms with E-state index in [0.717, 1.165) is 0 Å². The van der Waals surface area contributed by atoms with Crippen LogP contribution in [0.25, 0.3) is 6.08 Å². The minimum Gasteiger partial charge on any atom is -0.0782 e. The van der Waals surface area contributed by atoms with E-state index in [1.165, 1.54) is 24.0 Å². The third-order valence-electron chi connectivity index (χ3n) is 2.81. The predicted molar refractivity (Wildman–Crippen MR) is 57.6 cm³/mol. The van der Waals surface area contributed by atoms with Crippen LogP contribution in [0.3, 0.4) is 0 Å². The summed E-state index contributed by atoms with van der Waals surface area (Å²) in [5, 5.41) is 0. The highest BCUT2D eigenvalue weighted by Crippen LogP contribution is 2.30. The van der Waals surface area contributed by atoms with Crippen LogP contribution in [-0.4, -0.2) is 0 Å². The molecule has 0 radical (unpaired) electrons. The summed E-state index contributed by atoms with van der Waals surface area (Å²) >= 11 is 0. The summed E-state index contributed by atoms with van der Waals surface area (Å²) in [6, 6.07) is 8.68. The molecule has 1 aromatic carbocycles. The Balaban J connectivity index is 2.39. The van der Waals surface area contributed by atoms with Crippen LogP contribution in [0.4, 0.5) is 0 Å². The van der Waals surface area contributed by atoms with Gasteiger partial charge >= 0.3 is 0 Å². The summed E-state index contributed by atoms with van der Waals surface area (Å²) in [6.45, 7) is 4.60. The van der Waals surface area contributed by atoms with Crippen molar-refractivity contribution in [1.29, 1.82) is 0 Å². The molecule has 0 saturated heterocycles. The van der Waals surface area contributed by atoms with E-state index < -0.39 is 0 Å². The van der Waals surface area contributed by atoms with Gasteiger partial charge in [-0.1, -0.05) is 50.3 Å². The number of rotatable bonds is 0. The van der Waals surface area contributed by atoms with Gasteiger partial charge in [-0.05, 0) is 29.4 Å². The molecule has 0 atom stereocenters. The molecule has 68 valence electrons. The Hall–Kier alpha value is -1.04. The van der Waals surface area contributed by atoms with E-state index in [-0.39, 0.29) is 0 Å². The van der Waals surface area contributed by atoms with Crippen molar-refractivity contribution in [2.75, 3.05) is 0 Å². The van der Waals surface area contributed by atoms with Gasteiger partial charge in [0.05, 0.1) is 0 Å². The van der Waals surface area contributed by atoms with Crippen LogP contribution in [0.15, 0.2) is 30.3 Å². The third kappa shape index (κ3) is 1.82. The summed E-state index contributed by atoms with van der Waals surface area (Å²) in [6.07, 6.45) is 7.05. The average molecular weight is 172 g/mol. The number of aryl methyl sites for hydroxylation is 1. The van der Waals surface area contributed by atoms with Gasteiger partial charge in [0.1, 0.15) is 0 Å². The van der Waals surface area contributed by atoms with Gasteiger partial charge in [-0.2, -0.15) is 0 Å². The lowest BCUT2D eigenvalue weighted by Crippen LogP contribution is -2.06. The van der Waals surface area contributed by atoms with E-state index in [0.29, 0.717) is 5.41 Å².